The molecule has 0 atom stereocenters. The van der Waals surface area contributed by atoms with Crippen molar-refractivity contribution in [1.29, 1.82) is 5.26 Å². The molecule has 0 fully saturated rings. The Morgan fingerprint density at radius 1 is 1.06 bits per heavy atom. The number of rotatable bonds is 7. The van der Waals surface area contributed by atoms with Gasteiger partial charge in [0.25, 0.3) is 0 Å². The fourth-order valence-corrected chi connectivity index (χ4v) is 3.67. The zero-order valence-corrected chi connectivity index (χ0v) is 18.9. The lowest BCUT2D eigenvalue weighted by Gasteiger charge is -2.19. The van der Waals surface area contributed by atoms with E-state index in [1.807, 2.05) is 30.3 Å². The summed E-state index contributed by atoms with van der Waals surface area (Å²) >= 11 is 0. The van der Waals surface area contributed by atoms with E-state index in [0.717, 1.165) is 16.9 Å². The molecule has 0 aliphatic carbocycles. The molecule has 0 saturated heterocycles. The zero-order chi connectivity index (χ0) is 24.2. The lowest BCUT2D eigenvalue weighted by molar-refractivity contribution is -0.151. The van der Waals surface area contributed by atoms with Crippen LogP contribution in [0.4, 0.5) is 11.4 Å². The number of ether oxygens (including phenoxy) is 3. The quantitative estimate of drug-likeness (QED) is 0.201. The number of anilines is 2. The highest BCUT2D eigenvalue weighted by molar-refractivity contribution is 6.04. The van der Waals surface area contributed by atoms with E-state index in [4.69, 9.17) is 19.0 Å². The first-order valence-electron chi connectivity index (χ1n) is 10.4. The fourth-order valence-electron chi connectivity index (χ4n) is 3.67. The van der Waals surface area contributed by atoms with Crippen molar-refractivity contribution in [2.45, 2.75) is 6.92 Å². The van der Waals surface area contributed by atoms with Gasteiger partial charge in [-0.2, -0.15) is 5.26 Å². The van der Waals surface area contributed by atoms with E-state index in [1.165, 1.54) is 0 Å². The number of fused-ring (bicyclic) bond motifs is 2. The Morgan fingerprint density at radius 2 is 1.74 bits per heavy atom. The van der Waals surface area contributed by atoms with Crippen molar-refractivity contribution in [3.05, 3.63) is 59.4 Å². The molecule has 4 rings (SSSR count). The number of Topliss-reactive ketones (excluding diaryl/α,β-unsaturated/α-hetero) is 1. The Bertz CT molecular complexity index is 1220. The number of oxime groups is 1. The van der Waals surface area contributed by atoms with Crippen molar-refractivity contribution >= 4 is 28.8 Å². The minimum atomic E-state index is -0.783. The predicted molar refractivity (Wildman–Crippen MR) is 123 cm³/mol. The van der Waals surface area contributed by atoms with Crippen LogP contribution in [0.3, 0.4) is 0 Å². The van der Waals surface area contributed by atoms with Gasteiger partial charge in [-0.3, -0.25) is 4.79 Å². The van der Waals surface area contributed by atoms with E-state index >= 15 is 0 Å². The van der Waals surface area contributed by atoms with Crippen molar-refractivity contribution in [2.75, 3.05) is 43.9 Å². The molecule has 0 aromatic heterocycles. The van der Waals surface area contributed by atoms with E-state index in [2.05, 4.69) is 5.16 Å². The van der Waals surface area contributed by atoms with Crippen LogP contribution < -0.4 is 19.3 Å². The van der Waals surface area contributed by atoms with Gasteiger partial charge in [-0.1, -0.05) is 17.3 Å². The van der Waals surface area contributed by atoms with Crippen molar-refractivity contribution in [1.82, 2.24) is 0 Å². The summed E-state index contributed by atoms with van der Waals surface area (Å²) in [4.78, 5) is 33.3. The molecule has 0 radical (unpaired) electrons. The Morgan fingerprint density at radius 3 is 2.41 bits per heavy atom. The van der Waals surface area contributed by atoms with Crippen LogP contribution in [0.5, 0.6) is 11.5 Å². The van der Waals surface area contributed by atoms with Crippen molar-refractivity contribution in [3.8, 4) is 17.6 Å². The second-order valence-electron chi connectivity index (χ2n) is 7.52. The number of para-hydroxylation sites is 2. The number of hydrogen-bond donors (Lipinski definition) is 0. The summed E-state index contributed by atoms with van der Waals surface area (Å²) in [5.74, 6) is 0.280. The van der Waals surface area contributed by atoms with Gasteiger partial charge < -0.3 is 28.8 Å². The van der Waals surface area contributed by atoms with Crippen LogP contribution in [0.25, 0.3) is 0 Å². The third-order valence-electron chi connectivity index (χ3n) is 5.39. The number of hydrogen-bond acceptors (Lipinski definition) is 10. The van der Waals surface area contributed by atoms with E-state index in [0.29, 0.717) is 23.0 Å². The highest BCUT2D eigenvalue weighted by atomic mass is 16.7. The van der Waals surface area contributed by atoms with Gasteiger partial charge in [0.1, 0.15) is 17.5 Å². The lowest BCUT2D eigenvalue weighted by atomic mass is 10.1. The maximum Gasteiger partial charge on any atom is 0.347 e. The van der Waals surface area contributed by atoms with E-state index in [9.17, 15) is 14.9 Å². The molecule has 0 N–H and O–H groups in total. The Hall–Kier alpha value is -4.52. The highest BCUT2D eigenvalue weighted by Gasteiger charge is 2.31. The molecule has 34 heavy (non-hydrogen) atoms. The monoisotopic (exact) mass is 462 g/mol. The standard InChI is InChI=1S/C24H22N4O6/c1-15(16-8-9-21-22(10-16)33-14-32-21)26-34-13-23(30)31-12-20(29)17(11-25)24-27(2)18-6-4-5-7-19(18)28(24)3/h4-10H,12-14H2,1-3H3/b26-15+. The summed E-state index contributed by atoms with van der Waals surface area (Å²) in [6, 6.07) is 14.8. The molecule has 174 valence electrons. The molecule has 10 nitrogen and oxygen atoms in total. The summed E-state index contributed by atoms with van der Waals surface area (Å²) < 4.78 is 15.6. The Balaban J connectivity index is 1.33. The highest BCUT2D eigenvalue weighted by Crippen LogP contribution is 2.40. The van der Waals surface area contributed by atoms with Crippen LogP contribution in [0, 0.1) is 11.3 Å². The molecule has 0 bridgehead atoms. The number of benzene rings is 2. The summed E-state index contributed by atoms with van der Waals surface area (Å²) in [6.07, 6.45) is 0. The molecule has 10 heteroatoms. The molecular formula is C24H22N4O6. The number of carbonyl (C=O) groups is 2. The summed E-state index contributed by atoms with van der Waals surface area (Å²) in [7, 11) is 3.53. The fraction of sp³-hybridized carbons (Fsp3) is 0.250. The molecule has 2 aromatic rings. The molecule has 2 aliphatic heterocycles. The Kier molecular flexibility index (Phi) is 6.36. The lowest BCUT2D eigenvalue weighted by Crippen LogP contribution is -2.28. The SMILES string of the molecule is C/C(=N\OCC(=O)OCC(=O)C(C#N)=C1N(C)c2ccccc2N1C)c1ccc2c(c1)OCO2. The zero-order valence-electron chi connectivity index (χ0n) is 18.9. The maximum absolute atomic E-state index is 12.7. The first-order chi connectivity index (χ1) is 16.4. The average Bonchev–Trinajstić information content (AvgIpc) is 3.41. The molecule has 2 heterocycles. The first-order valence-corrected chi connectivity index (χ1v) is 10.4. The van der Waals surface area contributed by atoms with E-state index < -0.39 is 25.0 Å². The molecular weight excluding hydrogens is 440 g/mol. The smallest absolute Gasteiger partial charge is 0.347 e. The maximum atomic E-state index is 12.7. The molecule has 2 aliphatic rings. The normalized spacial score (nSPS) is 13.9. The second-order valence-corrected chi connectivity index (χ2v) is 7.52. The van der Waals surface area contributed by atoms with Crippen LogP contribution in [0.2, 0.25) is 0 Å². The predicted octanol–water partition coefficient (Wildman–Crippen LogP) is 2.59. The van der Waals surface area contributed by atoms with Crippen molar-refractivity contribution in [3.63, 3.8) is 0 Å². The van der Waals surface area contributed by atoms with Crippen LogP contribution in [0.1, 0.15) is 12.5 Å². The van der Waals surface area contributed by atoms with Gasteiger partial charge in [-0.25, -0.2) is 4.79 Å². The van der Waals surface area contributed by atoms with Gasteiger partial charge >= 0.3 is 5.97 Å². The van der Waals surface area contributed by atoms with Crippen molar-refractivity contribution < 1.29 is 28.6 Å². The number of nitrogens with zero attached hydrogens (tertiary/aromatic N) is 4. The average molecular weight is 462 g/mol. The number of carbonyl (C=O) groups excluding carboxylic acids is 2. The molecule has 0 spiro atoms. The molecule has 0 amide bonds. The number of esters is 1. The second kappa shape index (κ2) is 9.54. The third-order valence-corrected chi connectivity index (χ3v) is 5.39. The minimum Gasteiger partial charge on any atom is -0.455 e. The van der Waals surface area contributed by atoms with E-state index in [-0.39, 0.29) is 12.4 Å². The number of nitriles is 1. The molecule has 0 unspecified atom stereocenters. The molecule has 2 aromatic carbocycles. The van der Waals surface area contributed by atoms with Gasteiger partial charge in [0.2, 0.25) is 19.2 Å². The van der Waals surface area contributed by atoms with Crippen LogP contribution in [0.15, 0.2) is 59.0 Å². The van der Waals surface area contributed by atoms with Gasteiger partial charge in [0, 0.05) is 19.7 Å². The topological polar surface area (TPSA) is 114 Å². The van der Waals surface area contributed by atoms with Gasteiger partial charge in [0.05, 0.1) is 17.1 Å². The minimum absolute atomic E-state index is 0.105. The van der Waals surface area contributed by atoms with Gasteiger partial charge in [-0.05, 0) is 37.3 Å². The van der Waals surface area contributed by atoms with Gasteiger partial charge in [-0.15, -0.1) is 0 Å². The van der Waals surface area contributed by atoms with Crippen LogP contribution >= 0.6 is 0 Å². The number of ketones is 1. The Labute approximate surface area is 196 Å². The van der Waals surface area contributed by atoms with Crippen LogP contribution in [-0.2, 0) is 19.2 Å². The first kappa shape index (κ1) is 22.7. The van der Waals surface area contributed by atoms with Gasteiger partial charge in [0.15, 0.2) is 18.1 Å². The molecule has 0 saturated carbocycles. The third kappa shape index (κ3) is 4.36. The van der Waals surface area contributed by atoms with Crippen LogP contribution in [-0.4, -0.2) is 51.6 Å². The largest absolute Gasteiger partial charge is 0.455 e. The summed E-state index contributed by atoms with van der Waals surface area (Å²) in [5.41, 5.74) is 2.88. The van der Waals surface area contributed by atoms with E-state index in [1.54, 1.807) is 49.0 Å². The summed E-state index contributed by atoms with van der Waals surface area (Å²) in [5, 5.41) is 13.5. The summed E-state index contributed by atoms with van der Waals surface area (Å²) in [6.45, 7) is 0.806. The van der Waals surface area contributed by atoms with Crippen molar-refractivity contribution in [2.24, 2.45) is 5.16 Å².